The first-order chi connectivity index (χ1) is 10.0. The topological polar surface area (TPSA) is 58.6 Å². The number of carbonyl (C=O) groups excluding carboxylic acids is 2. The van der Waals surface area contributed by atoms with E-state index in [0.29, 0.717) is 13.2 Å². The number of likely N-dealkylation sites (N-methyl/N-ethyl adjacent to an activating group) is 1. The van der Waals surface area contributed by atoms with Crippen molar-refractivity contribution in [1.82, 2.24) is 4.90 Å². The van der Waals surface area contributed by atoms with E-state index in [4.69, 9.17) is 4.74 Å². The van der Waals surface area contributed by atoms with Crippen molar-refractivity contribution in [2.75, 3.05) is 25.0 Å². The first kappa shape index (κ1) is 15.5. The molecule has 0 spiro atoms. The van der Waals surface area contributed by atoms with E-state index in [-0.39, 0.29) is 18.3 Å². The summed E-state index contributed by atoms with van der Waals surface area (Å²) in [6.07, 6.45) is 0.125. The summed E-state index contributed by atoms with van der Waals surface area (Å²) in [6, 6.07) is 5.43. The number of esters is 1. The van der Waals surface area contributed by atoms with Crippen LogP contribution < -0.4 is 5.32 Å². The summed E-state index contributed by atoms with van der Waals surface area (Å²) >= 11 is 0. The molecule has 1 N–H and O–H groups in total. The molecule has 5 nitrogen and oxygen atoms in total. The SMILES string of the molecule is CCN1CCOC(=O)C1CC(=O)Nc1cc(C)ccc1C. The van der Waals surface area contributed by atoms with Crippen LogP contribution in [0.2, 0.25) is 0 Å². The van der Waals surface area contributed by atoms with Crippen molar-refractivity contribution in [3.05, 3.63) is 29.3 Å². The molecule has 5 heteroatoms. The average Bonchev–Trinajstić information content (AvgIpc) is 2.45. The molecule has 1 heterocycles. The molecule has 0 aliphatic carbocycles. The number of amides is 1. The average molecular weight is 290 g/mol. The van der Waals surface area contributed by atoms with Gasteiger partial charge in [0.25, 0.3) is 0 Å². The summed E-state index contributed by atoms with van der Waals surface area (Å²) in [6.45, 7) is 7.73. The zero-order valence-electron chi connectivity index (χ0n) is 12.8. The highest BCUT2D eigenvalue weighted by molar-refractivity contribution is 5.95. The summed E-state index contributed by atoms with van der Waals surface area (Å²) in [5, 5.41) is 2.89. The Hall–Kier alpha value is -1.88. The number of nitrogens with one attached hydrogen (secondary N) is 1. The number of anilines is 1. The minimum Gasteiger partial charge on any atom is -0.463 e. The van der Waals surface area contributed by atoms with Gasteiger partial charge in [0.05, 0.1) is 6.42 Å². The van der Waals surface area contributed by atoms with Crippen molar-refractivity contribution in [3.8, 4) is 0 Å². The lowest BCUT2D eigenvalue weighted by Crippen LogP contribution is -2.50. The third-order valence-corrected chi connectivity index (χ3v) is 3.79. The van der Waals surface area contributed by atoms with Gasteiger partial charge in [-0.2, -0.15) is 0 Å². The number of hydrogen-bond acceptors (Lipinski definition) is 4. The maximum atomic E-state index is 12.2. The summed E-state index contributed by atoms with van der Waals surface area (Å²) in [5.41, 5.74) is 2.89. The lowest BCUT2D eigenvalue weighted by Gasteiger charge is -2.32. The number of cyclic esters (lactones) is 1. The highest BCUT2D eigenvalue weighted by Gasteiger charge is 2.32. The van der Waals surface area contributed by atoms with Gasteiger partial charge in [0.15, 0.2) is 0 Å². The van der Waals surface area contributed by atoms with E-state index in [1.807, 2.05) is 43.9 Å². The summed E-state index contributed by atoms with van der Waals surface area (Å²) in [5.74, 6) is -0.467. The predicted molar refractivity (Wildman–Crippen MR) is 81.2 cm³/mol. The van der Waals surface area contributed by atoms with Crippen LogP contribution in [-0.2, 0) is 14.3 Å². The van der Waals surface area contributed by atoms with Crippen molar-refractivity contribution in [2.24, 2.45) is 0 Å². The highest BCUT2D eigenvalue weighted by atomic mass is 16.5. The molecule has 0 saturated carbocycles. The molecule has 21 heavy (non-hydrogen) atoms. The first-order valence-corrected chi connectivity index (χ1v) is 7.29. The second-order valence-corrected chi connectivity index (χ2v) is 5.38. The predicted octanol–water partition coefficient (Wildman–Crippen LogP) is 1.88. The Morgan fingerprint density at radius 3 is 2.90 bits per heavy atom. The highest BCUT2D eigenvalue weighted by Crippen LogP contribution is 2.18. The molecule has 0 aromatic heterocycles. The Morgan fingerprint density at radius 1 is 1.43 bits per heavy atom. The van der Waals surface area contributed by atoms with Gasteiger partial charge in [0, 0.05) is 12.2 Å². The number of morpholine rings is 1. The molecule has 1 saturated heterocycles. The van der Waals surface area contributed by atoms with E-state index in [1.54, 1.807) is 0 Å². The number of rotatable bonds is 4. The zero-order valence-corrected chi connectivity index (χ0v) is 12.8. The molecule has 1 aromatic carbocycles. The molecule has 0 radical (unpaired) electrons. The molecule has 1 aromatic rings. The Labute approximate surface area is 125 Å². The molecule has 2 rings (SSSR count). The fourth-order valence-electron chi connectivity index (χ4n) is 2.50. The fourth-order valence-corrected chi connectivity index (χ4v) is 2.50. The lowest BCUT2D eigenvalue weighted by atomic mass is 10.1. The fraction of sp³-hybridized carbons (Fsp3) is 0.500. The molecule has 1 fully saturated rings. The van der Waals surface area contributed by atoms with Gasteiger partial charge in [-0.15, -0.1) is 0 Å². The van der Waals surface area contributed by atoms with Gasteiger partial charge < -0.3 is 10.1 Å². The molecule has 1 aliphatic heterocycles. The minimum atomic E-state index is -0.478. The maximum Gasteiger partial charge on any atom is 0.323 e. The monoisotopic (exact) mass is 290 g/mol. The quantitative estimate of drug-likeness (QED) is 0.860. The van der Waals surface area contributed by atoms with E-state index in [1.165, 1.54) is 0 Å². The molecule has 114 valence electrons. The van der Waals surface area contributed by atoms with Crippen LogP contribution in [0.25, 0.3) is 0 Å². The van der Waals surface area contributed by atoms with Gasteiger partial charge in [-0.1, -0.05) is 19.1 Å². The van der Waals surface area contributed by atoms with Crippen LogP contribution in [0.3, 0.4) is 0 Å². The van der Waals surface area contributed by atoms with Crippen molar-refractivity contribution in [3.63, 3.8) is 0 Å². The standard InChI is InChI=1S/C16H22N2O3/c1-4-18-7-8-21-16(20)14(18)10-15(19)17-13-9-11(2)5-6-12(13)3/h5-6,9,14H,4,7-8,10H2,1-3H3,(H,17,19). The number of aryl methyl sites for hydroxylation is 2. The van der Waals surface area contributed by atoms with Gasteiger partial charge in [-0.3, -0.25) is 14.5 Å². The minimum absolute atomic E-state index is 0.125. The van der Waals surface area contributed by atoms with Crippen LogP contribution in [0.1, 0.15) is 24.5 Å². The molecular weight excluding hydrogens is 268 g/mol. The molecular formula is C16H22N2O3. The summed E-state index contributed by atoms with van der Waals surface area (Å²) in [4.78, 5) is 26.0. The van der Waals surface area contributed by atoms with Crippen LogP contribution in [0.5, 0.6) is 0 Å². The Kier molecular flexibility index (Phi) is 4.96. The second-order valence-electron chi connectivity index (χ2n) is 5.38. The van der Waals surface area contributed by atoms with E-state index in [2.05, 4.69) is 5.32 Å². The van der Waals surface area contributed by atoms with Crippen molar-refractivity contribution in [1.29, 1.82) is 0 Å². The van der Waals surface area contributed by atoms with E-state index in [0.717, 1.165) is 23.4 Å². The zero-order chi connectivity index (χ0) is 15.4. The largest absolute Gasteiger partial charge is 0.463 e. The molecule has 0 bridgehead atoms. The number of benzene rings is 1. The van der Waals surface area contributed by atoms with Crippen molar-refractivity contribution in [2.45, 2.75) is 33.2 Å². The van der Waals surface area contributed by atoms with Crippen molar-refractivity contribution >= 4 is 17.6 Å². The molecule has 1 unspecified atom stereocenters. The van der Waals surface area contributed by atoms with Gasteiger partial charge >= 0.3 is 5.97 Å². The lowest BCUT2D eigenvalue weighted by molar-refractivity contribution is -0.158. The molecule has 1 aliphatic rings. The number of carbonyl (C=O) groups is 2. The Morgan fingerprint density at radius 2 is 2.19 bits per heavy atom. The third kappa shape index (κ3) is 3.82. The normalized spacial score (nSPS) is 19.2. The molecule has 1 amide bonds. The van der Waals surface area contributed by atoms with Gasteiger partial charge in [0.2, 0.25) is 5.91 Å². The number of nitrogens with zero attached hydrogens (tertiary/aromatic N) is 1. The summed E-state index contributed by atoms with van der Waals surface area (Å²) in [7, 11) is 0. The number of hydrogen-bond donors (Lipinski definition) is 1. The Bertz CT molecular complexity index is 542. The van der Waals surface area contributed by atoms with Crippen LogP contribution in [0, 0.1) is 13.8 Å². The van der Waals surface area contributed by atoms with Crippen LogP contribution in [0.15, 0.2) is 18.2 Å². The summed E-state index contributed by atoms with van der Waals surface area (Å²) < 4.78 is 5.06. The van der Waals surface area contributed by atoms with Gasteiger partial charge in [-0.05, 0) is 37.6 Å². The van der Waals surface area contributed by atoms with E-state index < -0.39 is 6.04 Å². The van der Waals surface area contributed by atoms with Crippen LogP contribution in [0.4, 0.5) is 5.69 Å². The van der Waals surface area contributed by atoms with E-state index in [9.17, 15) is 9.59 Å². The molecule has 1 atom stereocenters. The van der Waals surface area contributed by atoms with Crippen LogP contribution in [-0.4, -0.2) is 42.5 Å². The third-order valence-electron chi connectivity index (χ3n) is 3.79. The smallest absolute Gasteiger partial charge is 0.323 e. The van der Waals surface area contributed by atoms with Gasteiger partial charge in [-0.25, -0.2) is 0 Å². The Balaban J connectivity index is 2.03. The number of ether oxygens (including phenoxy) is 1. The van der Waals surface area contributed by atoms with Crippen molar-refractivity contribution < 1.29 is 14.3 Å². The first-order valence-electron chi connectivity index (χ1n) is 7.29. The van der Waals surface area contributed by atoms with Gasteiger partial charge in [0.1, 0.15) is 12.6 Å². The second kappa shape index (κ2) is 6.72. The van der Waals surface area contributed by atoms with Crippen LogP contribution >= 0.6 is 0 Å². The maximum absolute atomic E-state index is 12.2. The van der Waals surface area contributed by atoms with E-state index >= 15 is 0 Å².